The van der Waals surface area contributed by atoms with Crippen LogP contribution < -0.4 is 14.9 Å². The maximum absolute atomic E-state index is 12.0. The molecule has 0 aliphatic heterocycles. The number of amides is 1. The lowest BCUT2D eigenvalue weighted by Gasteiger charge is -2.13. The van der Waals surface area contributed by atoms with Gasteiger partial charge in [-0.15, -0.1) is 0 Å². The van der Waals surface area contributed by atoms with Crippen LogP contribution >= 0.6 is 34.2 Å². The average molecular weight is 473 g/mol. The van der Waals surface area contributed by atoms with Crippen molar-refractivity contribution < 1.29 is 14.3 Å². The van der Waals surface area contributed by atoms with Gasteiger partial charge in [0, 0.05) is 10.6 Å². The van der Waals surface area contributed by atoms with Crippen molar-refractivity contribution in [2.75, 3.05) is 13.2 Å². The Morgan fingerprint density at radius 3 is 2.68 bits per heavy atom. The van der Waals surface area contributed by atoms with Gasteiger partial charge in [0.05, 0.1) is 23.0 Å². The minimum atomic E-state index is -0.329. The second-order valence-electron chi connectivity index (χ2n) is 4.91. The highest BCUT2D eigenvalue weighted by Crippen LogP contribution is 2.33. The van der Waals surface area contributed by atoms with Crippen molar-refractivity contribution in [3.8, 4) is 11.5 Å². The predicted octanol–water partition coefficient (Wildman–Crippen LogP) is 4.51. The molecule has 0 saturated heterocycles. The molecular formula is C18H18ClIN2O3. The first-order valence-electron chi connectivity index (χ1n) is 7.73. The monoisotopic (exact) mass is 472 g/mol. The third kappa shape index (κ3) is 5.61. The van der Waals surface area contributed by atoms with E-state index in [2.05, 4.69) is 33.1 Å². The van der Waals surface area contributed by atoms with Gasteiger partial charge < -0.3 is 9.47 Å². The number of halogens is 2. The molecule has 0 heterocycles. The molecule has 7 heteroatoms. The average Bonchev–Trinajstić information content (AvgIpc) is 2.58. The largest absolute Gasteiger partial charge is 0.490 e. The summed E-state index contributed by atoms with van der Waals surface area (Å²) in [7, 11) is 0. The minimum absolute atomic E-state index is 0.329. The summed E-state index contributed by atoms with van der Waals surface area (Å²) in [6.07, 6.45) is 1.56. The van der Waals surface area contributed by atoms with Crippen molar-refractivity contribution >= 4 is 46.3 Å². The van der Waals surface area contributed by atoms with E-state index in [1.807, 2.05) is 26.0 Å². The number of carbonyl (C=O) groups excluding carboxylic acids is 1. The Hall–Kier alpha value is -1.80. The molecule has 25 heavy (non-hydrogen) atoms. The highest BCUT2D eigenvalue weighted by molar-refractivity contribution is 14.1. The zero-order valence-corrected chi connectivity index (χ0v) is 16.8. The topological polar surface area (TPSA) is 59.9 Å². The van der Waals surface area contributed by atoms with Gasteiger partial charge in [-0.25, -0.2) is 5.43 Å². The molecule has 0 unspecified atom stereocenters. The van der Waals surface area contributed by atoms with E-state index in [0.29, 0.717) is 35.3 Å². The molecule has 2 aromatic rings. The number of hydrogen-bond acceptors (Lipinski definition) is 4. The molecule has 1 amide bonds. The lowest BCUT2D eigenvalue weighted by atomic mass is 10.2. The van der Waals surface area contributed by atoms with Gasteiger partial charge in [0.25, 0.3) is 5.91 Å². The molecular weight excluding hydrogens is 455 g/mol. The Morgan fingerprint density at radius 1 is 1.24 bits per heavy atom. The summed E-state index contributed by atoms with van der Waals surface area (Å²) < 4.78 is 12.2. The molecule has 0 aromatic heterocycles. The van der Waals surface area contributed by atoms with Crippen LogP contribution in [-0.2, 0) is 0 Å². The van der Waals surface area contributed by atoms with Crippen LogP contribution in [-0.4, -0.2) is 25.3 Å². The molecule has 5 nitrogen and oxygen atoms in total. The SMILES string of the molecule is CCOc1cc(/C=N\NC(=O)c2cccc(Cl)c2)cc(I)c1OCC. The molecule has 0 atom stereocenters. The van der Waals surface area contributed by atoms with Gasteiger partial charge in [0.2, 0.25) is 0 Å². The maximum atomic E-state index is 12.0. The van der Waals surface area contributed by atoms with Gasteiger partial charge in [-0.05, 0) is 72.3 Å². The first kappa shape index (κ1) is 19.5. The third-order valence-corrected chi connectivity index (χ3v) is 4.12. The van der Waals surface area contributed by atoms with Gasteiger partial charge in [-0.3, -0.25) is 4.79 Å². The van der Waals surface area contributed by atoms with Crippen molar-refractivity contribution in [1.82, 2.24) is 5.43 Å². The molecule has 0 spiro atoms. The Bertz CT molecular complexity index is 781. The zero-order valence-electron chi connectivity index (χ0n) is 13.9. The fraction of sp³-hybridized carbons (Fsp3) is 0.222. The van der Waals surface area contributed by atoms with Gasteiger partial charge in [-0.1, -0.05) is 17.7 Å². The van der Waals surface area contributed by atoms with E-state index >= 15 is 0 Å². The molecule has 1 N–H and O–H groups in total. The Kier molecular flexibility index (Phi) is 7.52. The lowest BCUT2D eigenvalue weighted by Crippen LogP contribution is -2.17. The highest BCUT2D eigenvalue weighted by atomic mass is 127. The van der Waals surface area contributed by atoms with Crippen molar-refractivity contribution in [2.24, 2.45) is 5.10 Å². The van der Waals surface area contributed by atoms with Gasteiger partial charge in [0.15, 0.2) is 11.5 Å². The summed E-state index contributed by atoms with van der Waals surface area (Å²) in [5, 5.41) is 4.50. The molecule has 0 radical (unpaired) electrons. The van der Waals surface area contributed by atoms with E-state index in [0.717, 1.165) is 9.13 Å². The van der Waals surface area contributed by atoms with Crippen LogP contribution in [0, 0.1) is 3.57 Å². The van der Waals surface area contributed by atoms with E-state index in [1.54, 1.807) is 30.5 Å². The Labute approximate surface area is 165 Å². The van der Waals surface area contributed by atoms with Gasteiger partial charge >= 0.3 is 0 Å². The number of rotatable bonds is 7. The van der Waals surface area contributed by atoms with E-state index in [4.69, 9.17) is 21.1 Å². The van der Waals surface area contributed by atoms with Crippen LogP contribution in [0.3, 0.4) is 0 Å². The van der Waals surface area contributed by atoms with Crippen molar-refractivity contribution in [2.45, 2.75) is 13.8 Å². The van der Waals surface area contributed by atoms with E-state index in [-0.39, 0.29) is 5.91 Å². The van der Waals surface area contributed by atoms with Crippen LogP contribution in [0.5, 0.6) is 11.5 Å². The summed E-state index contributed by atoms with van der Waals surface area (Å²) in [6.45, 7) is 4.92. The second kappa shape index (κ2) is 9.62. The Balaban J connectivity index is 2.13. The smallest absolute Gasteiger partial charge is 0.271 e. The summed E-state index contributed by atoms with van der Waals surface area (Å²) in [4.78, 5) is 12.0. The molecule has 0 bridgehead atoms. The highest BCUT2D eigenvalue weighted by Gasteiger charge is 2.11. The van der Waals surface area contributed by atoms with Crippen LogP contribution in [0.1, 0.15) is 29.8 Å². The van der Waals surface area contributed by atoms with Crippen LogP contribution in [0.25, 0.3) is 0 Å². The number of nitrogens with zero attached hydrogens (tertiary/aromatic N) is 1. The number of carbonyl (C=O) groups is 1. The molecule has 132 valence electrons. The molecule has 0 aliphatic carbocycles. The quantitative estimate of drug-likeness (QED) is 0.367. The van der Waals surface area contributed by atoms with E-state index in [1.165, 1.54) is 0 Å². The number of ether oxygens (including phenoxy) is 2. The van der Waals surface area contributed by atoms with Crippen LogP contribution in [0.4, 0.5) is 0 Å². The minimum Gasteiger partial charge on any atom is -0.490 e. The lowest BCUT2D eigenvalue weighted by molar-refractivity contribution is 0.0955. The first-order valence-corrected chi connectivity index (χ1v) is 9.19. The van der Waals surface area contributed by atoms with Crippen LogP contribution in [0.2, 0.25) is 5.02 Å². The Morgan fingerprint density at radius 2 is 2.00 bits per heavy atom. The first-order chi connectivity index (χ1) is 12.0. The molecule has 2 aromatic carbocycles. The summed E-state index contributed by atoms with van der Waals surface area (Å²) in [5.74, 6) is 1.04. The van der Waals surface area contributed by atoms with Gasteiger partial charge in [0.1, 0.15) is 0 Å². The van der Waals surface area contributed by atoms with E-state index in [9.17, 15) is 4.79 Å². The maximum Gasteiger partial charge on any atom is 0.271 e. The van der Waals surface area contributed by atoms with Crippen LogP contribution in [0.15, 0.2) is 41.5 Å². The predicted molar refractivity (Wildman–Crippen MR) is 108 cm³/mol. The van der Waals surface area contributed by atoms with E-state index < -0.39 is 0 Å². The summed E-state index contributed by atoms with van der Waals surface area (Å²) in [6, 6.07) is 10.4. The molecule has 2 rings (SSSR count). The van der Waals surface area contributed by atoms with Crippen molar-refractivity contribution in [1.29, 1.82) is 0 Å². The zero-order chi connectivity index (χ0) is 18.2. The second-order valence-corrected chi connectivity index (χ2v) is 6.50. The van der Waals surface area contributed by atoms with Crippen molar-refractivity contribution in [3.05, 3.63) is 56.1 Å². The standard InChI is InChI=1S/C18H18ClIN2O3/c1-3-24-16-9-12(8-15(20)17(16)25-4-2)11-21-22-18(23)13-6-5-7-14(19)10-13/h5-11H,3-4H2,1-2H3,(H,22,23)/b21-11-. The van der Waals surface area contributed by atoms with Crippen molar-refractivity contribution in [3.63, 3.8) is 0 Å². The fourth-order valence-electron chi connectivity index (χ4n) is 2.07. The molecule has 0 saturated carbocycles. The number of benzene rings is 2. The fourth-order valence-corrected chi connectivity index (χ4v) is 3.04. The summed E-state index contributed by atoms with van der Waals surface area (Å²) >= 11 is 8.06. The number of hydrazone groups is 1. The third-order valence-electron chi connectivity index (χ3n) is 3.09. The molecule has 0 fully saturated rings. The number of nitrogens with one attached hydrogen (secondary N) is 1. The summed E-state index contributed by atoms with van der Waals surface area (Å²) in [5.41, 5.74) is 3.72. The van der Waals surface area contributed by atoms with Gasteiger partial charge in [-0.2, -0.15) is 5.10 Å². The normalized spacial score (nSPS) is 10.7. The molecule has 0 aliphatic rings. The number of hydrogen-bond donors (Lipinski definition) is 1.